The molecule has 0 aliphatic rings. The van der Waals surface area contributed by atoms with Crippen molar-refractivity contribution in [3.05, 3.63) is 114 Å². The summed E-state index contributed by atoms with van der Waals surface area (Å²) in [5.74, 6) is 2.34. The van der Waals surface area contributed by atoms with E-state index in [9.17, 15) is 5.11 Å². The number of aryl methyl sites for hydroxylation is 2. The van der Waals surface area contributed by atoms with E-state index >= 15 is 0 Å². The van der Waals surface area contributed by atoms with E-state index in [1.807, 2.05) is 92.8 Å². The van der Waals surface area contributed by atoms with Gasteiger partial charge in [-0.2, -0.15) is 5.10 Å². The molecule has 0 aliphatic carbocycles. The zero-order valence-electron chi connectivity index (χ0n) is 20.5. The molecule has 0 saturated heterocycles. The van der Waals surface area contributed by atoms with Gasteiger partial charge in [0.1, 0.15) is 5.76 Å². The normalized spacial score (nSPS) is 12.6. The van der Waals surface area contributed by atoms with Crippen LogP contribution in [0.25, 0.3) is 5.69 Å². The lowest BCUT2D eigenvalue weighted by Crippen LogP contribution is -2.17. The van der Waals surface area contributed by atoms with Gasteiger partial charge < -0.3 is 5.11 Å². The fraction of sp³-hybridized carbons (Fsp3) is 0.207. The molecule has 174 valence electrons. The Balaban J connectivity index is 2.13. The van der Waals surface area contributed by atoms with Crippen molar-refractivity contribution in [1.82, 2.24) is 9.78 Å². The molecule has 0 unspecified atom stereocenters. The van der Waals surface area contributed by atoms with Crippen LogP contribution < -0.4 is 10.6 Å². The van der Waals surface area contributed by atoms with Gasteiger partial charge in [0.2, 0.25) is 0 Å². The topological polar surface area (TPSA) is 50.4 Å². The number of para-hydroxylation sites is 1. The Morgan fingerprint density at radius 3 is 1.88 bits per heavy atom. The van der Waals surface area contributed by atoms with E-state index < -0.39 is 12.5 Å². The quantitative estimate of drug-likeness (QED) is 0.244. The molecule has 1 aromatic heterocycles. The number of aliphatic hydroxyl groups is 1. The Hall–Kier alpha value is -3.36. The summed E-state index contributed by atoms with van der Waals surface area (Å²) in [6.07, 6.45) is 0. The predicted molar refractivity (Wildman–Crippen MR) is 144 cm³/mol. The largest absolute Gasteiger partial charge is 0.512 e. The maximum absolute atomic E-state index is 11.3. The lowest BCUT2D eigenvalue weighted by atomic mass is 9.95. The number of nitrogens with zero attached hydrogens (tertiary/aromatic N) is 3. The summed E-state index contributed by atoms with van der Waals surface area (Å²) < 4.78 is 7.48. The number of aromatic nitrogens is 2. The minimum Gasteiger partial charge on any atom is -0.512 e. The summed E-state index contributed by atoms with van der Waals surface area (Å²) in [5, 5.41) is 18.2. The average Bonchev–Trinajstić information content (AvgIpc) is 3.17. The molecule has 1 heterocycles. The van der Waals surface area contributed by atoms with Crippen molar-refractivity contribution in [1.29, 1.82) is 0 Å². The second-order valence-electron chi connectivity index (χ2n) is 9.55. The first-order valence-electron chi connectivity index (χ1n) is 11.5. The van der Waals surface area contributed by atoms with Crippen LogP contribution in [0.1, 0.15) is 32.2 Å². The molecule has 0 fully saturated rings. The van der Waals surface area contributed by atoms with E-state index in [1.54, 1.807) is 0 Å². The van der Waals surface area contributed by atoms with Crippen molar-refractivity contribution in [3.8, 4) is 5.69 Å². The molecule has 4 rings (SSSR count). The zero-order chi connectivity index (χ0) is 24.3. The van der Waals surface area contributed by atoms with E-state index in [-0.39, 0.29) is 0 Å². The van der Waals surface area contributed by atoms with E-state index in [4.69, 9.17) is 9.84 Å². The molecule has 34 heavy (non-hydrogen) atoms. The first-order valence-corrected chi connectivity index (χ1v) is 13.3. The Morgan fingerprint density at radius 1 is 0.853 bits per heavy atom. The summed E-state index contributed by atoms with van der Waals surface area (Å²) >= 11 is 0. The van der Waals surface area contributed by atoms with Crippen LogP contribution in [0.5, 0.6) is 0 Å². The molecule has 4 aromatic rings. The van der Waals surface area contributed by atoms with Crippen LogP contribution in [0.4, 0.5) is 5.69 Å². The molecule has 3 aromatic carbocycles. The molecule has 0 atom stereocenters. The molecule has 0 aliphatic heterocycles. The van der Waals surface area contributed by atoms with Crippen molar-refractivity contribution in [2.45, 2.75) is 34.6 Å². The fourth-order valence-corrected chi connectivity index (χ4v) is 7.28. The van der Waals surface area contributed by atoms with Crippen LogP contribution in [0.15, 0.2) is 107 Å². The molecule has 0 amide bonds. The summed E-state index contributed by atoms with van der Waals surface area (Å²) in [7, 11) is -2.56. The third kappa shape index (κ3) is 4.78. The SMILES string of the molecule is Cc1cc(C)n(-c2ccccc2N=P(/C=C(\O)C(C)(C)C)(c2ccccc2)c2ccccc2)n1. The third-order valence-electron chi connectivity index (χ3n) is 5.76. The van der Waals surface area contributed by atoms with Gasteiger partial charge in [0.25, 0.3) is 0 Å². The van der Waals surface area contributed by atoms with Crippen LogP contribution in [-0.4, -0.2) is 14.9 Å². The van der Waals surface area contributed by atoms with Crippen LogP contribution in [-0.2, 0) is 0 Å². The molecule has 4 nitrogen and oxygen atoms in total. The maximum atomic E-state index is 11.3. The van der Waals surface area contributed by atoms with Gasteiger partial charge in [-0.05, 0) is 32.0 Å². The van der Waals surface area contributed by atoms with E-state index in [0.717, 1.165) is 33.4 Å². The van der Waals surface area contributed by atoms with E-state index in [0.29, 0.717) is 5.76 Å². The summed E-state index contributed by atoms with van der Waals surface area (Å²) in [6.45, 7) is 10.1. The highest BCUT2D eigenvalue weighted by atomic mass is 31.2. The number of rotatable bonds is 5. The maximum Gasteiger partial charge on any atom is 0.100 e. The van der Waals surface area contributed by atoms with Crippen molar-refractivity contribution in [2.75, 3.05) is 0 Å². The van der Waals surface area contributed by atoms with Gasteiger partial charge in [-0.25, -0.2) is 4.68 Å². The molecule has 0 spiro atoms. The standard InChI is InChI=1S/C29H32N3OP/c1-22-20-23(2)32(30-22)27-19-13-12-18-26(27)31-34(21-28(33)29(3,4)5,24-14-8-6-9-15-24)25-16-10-7-11-17-25/h6-21,33H,1-5H3/b28-21-. The highest BCUT2D eigenvalue weighted by Gasteiger charge is 2.28. The van der Waals surface area contributed by atoms with Gasteiger partial charge in [-0.3, -0.25) is 4.74 Å². The third-order valence-corrected chi connectivity index (χ3v) is 9.08. The highest BCUT2D eigenvalue weighted by molar-refractivity contribution is 7.83. The molecule has 5 heteroatoms. The Morgan fingerprint density at radius 2 is 1.38 bits per heavy atom. The Labute approximate surface area is 202 Å². The molecule has 0 bridgehead atoms. The molecule has 0 saturated carbocycles. The number of hydrogen-bond acceptors (Lipinski definition) is 3. The summed E-state index contributed by atoms with van der Waals surface area (Å²) in [5.41, 5.74) is 3.38. The van der Waals surface area contributed by atoms with Crippen molar-refractivity contribution in [2.24, 2.45) is 10.2 Å². The van der Waals surface area contributed by atoms with Gasteiger partial charge in [0.05, 0.1) is 24.1 Å². The van der Waals surface area contributed by atoms with Crippen molar-refractivity contribution < 1.29 is 5.11 Å². The number of hydrogen-bond donors (Lipinski definition) is 1. The monoisotopic (exact) mass is 469 g/mol. The highest BCUT2D eigenvalue weighted by Crippen LogP contribution is 2.54. The fourth-order valence-electron chi connectivity index (χ4n) is 3.89. The number of allylic oxidation sites excluding steroid dienone is 1. The molecular weight excluding hydrogens is 437 g/mol. The number of aliphatic hydroxyl groups excluding tert-OH is 1. The van der Waals surface area contributed by atoms with E-state index in [2.05, 4.69) is 43.3 Å². The van der Waals surface area contributed by atoms with Crippen LogP contribution in [0.3, 0.4) is 0 Å². The van der Waals surface area contributed by atoms with Crippen LogP contribution in [0, 0.1) is 19.3 Å². The van der Waals surface area contributed by atoms with Gasteiger partial charge in [-0.1, -0.05) is 93.6 Å². The summed E-state index contributed by atoms with van der Waals surface area (Å²) in [4.78, 5) is 0. The Bertz CT molecular complexity index is 1320. The lowest BCUT2D eigenvalue weighted by molar-refractivity contribution is 0.279. The first kappa shape index (κ1) is 23.8. The molecular formula is C29H32N3OP. The van der Waals surface area contributed by atoms with Gasteiger partial charge in [0, 0.05) is 27.5 Å². The molecule has 1 N–H and O–H groups in total. The van der Waals surface area contributed by atoms with Gasteiger partial charge >= 0.3 is 0 Å². The first-order chi connectivity index (χ1) is 16.2. The van der Waals surface area contributed by atoms with Crippen LogP contribution >= 0.6 is 7.05 Å². The lowest BCUT2D eigenvalue weighted by Gasteiger charge is -2.27. The second kappa shape index (κ2) is 9.48. The predicted octanol–water partition coefficient (Wildman–Crippen LogP) is 7.42. The minimum atomic E-state index is -2.56. The number of benzene rings is 3. The van der Waals surface area contributed by atoms with Crippen molar-refractivity contribution >= 4 is 23.4 Å². The van der Waals surface area contributed by atoms with Gasteiger partial charge in [0.15, 0.2) is 0 Å². The Kier molecular flexibility index (Phi) is 6.63. The zero-order valence-corrected chi connectivity index (χ0v) is 21.4. The summed E-state index contributed by atoms with van der Waals surface area (Å²) in [6, 6.07) is 30.8. The van der Waals surface area contributed by atoms with Gasteiger partial charge in [-0.15, -0.1) is 0 Å². The van der Waals surface area contributed by atoms with Crippen molar-refractivity contribution in [3.63, 3.8) is 0 Å². The van der Waals surface area contributed by atoms with E-state index in [1.165, 1.54) is 0 Å². The van der Waals surface area contributed by atoms with Crippen LogP contribution in [0.2, 0.25) is 0 Å². The molecule has 0 radical (unpaired) electrons. The smallest absolute Gasteiger partial charge is 0.100 e. The second-order valence-corrected chi connectivity index (χ2v) is 12.4. The average molecular weight is 470 g/mol. The minimum absolute atomic E-state index is 0.334.